The van der Waals surface area contributed by atoms with Gasteiger partial charge in [0.15, 0.2) is 5.69 Å². The van der Waals surface area contributed by atoms with Crippen molar-refractivity contribution in [2.24, 2.45) is 25.4 Å². The van der Waals surface area contributed by atoms with E-state index in [0.717, 1.165) is 41.0 Å². The second-order valence-electron chi connectivity index (χ2n) is 14.8. The Hall–Kier alpha value is -10.8. The Kier molecular flexibility index (Phi) is 14.6. The molecule has 0 saturated carbocycles. The number of anilines is 1. The molecule has 0 aliphatic rings. The number of nitrogens with zero attached hydrogens (tertiary/aromatic N) is 12. The molecule has 7 aromatic rings. The standard InChI is InChI=1S/C47H30ClN13O12/c1-22(61-39(64)34(50-2)33(24-11-7-4-8-12-24)36(40(61)65)59-57-31-20-26(42(68)69)14-16-28(31)44(72)73)52-47-54-45(48)53-46(55-47)51-17-18-60-37(62)29(21-49)32(23-9-5-3-6-10-23)35(38(60)63)58-56-30-19-25(41(66)67)13-15-27(30)43(70)71/h3-16,19-20,63,65H,17-18H2,1H3,(H,66,67)(H,68,69)(H,70,71)(H,72,73)(H,51,53,54,55). The van der Waals surface area contributed by atoms with Gasteiger partial charge in [0.05, 0.1) is 28.8 Å². The maximum absolute atomic E-state index is 14.0. The number of aromatic carboxylic acids is 4. The molecule has 3 heterocycles. The van der Waals surface area contributed by atoms with Gasteiger partial charge in [-0.05, 0) is 66.0 Å². The smallest absolute Gasteiger partial charge is 0.337 e. The summed E-state index contributed by atoms with van der Waals surface area (Å²) in [5.74, 6) is -8.77. The Bertz CT molecular complexity index is 3750. The molecule has 0 amide bonds. The first-order valence-corrected chi connectivity index (χ1v) is 21.0. The molecule has 7 N–H and O–H groups in total. The maximum atomic E-state index is 14.0. The zero-order valence-corrected chi connectivity index (χ0v) is 37.8. The fourth-order valence-corrected chi connectivity index (χ4v) is 7.17. The van der Waals surface area contributed by atoms with E-state index in [1.165, 1.54) is 31.2 Å². The monoisotopic (exact) mass is 1000 g/mol. The van der Waals surface area contributed by atoms with Crippen LogP contribution in [0.1, 0.15) is 53.9 Å². The molecule has 3 aromatic heterocycles. The fourth-order valence-electron chi connectivity index (χ4n) is 7.01. The van der Waals surface area contributed by atoms with Gasteiger partial charge < -0.3 is 36.0 Å². The van der Waals surface area contributed by atoms with E-state index < -0.39 is 110 Å². The number of nitriles is 1. The zero-order chi connectivity index (χ0) is 52.7. The van der Waals surface area contributed by atoms with Gasteiger partial charge in [-0.2, -0.15) is 25.2 Å². The van der Waals surface area contributed by atoms with Gasteiger partial charge in [-0.25, -0.2) is 28.6 Å². The van der Waals surface area contributed by atoms with Gasteiger partial charge in [-0.3, -0.25) is 14.2 Å². The van der Waals surface area contributed by atoms with Crippen molar-refractivity contribution in [3.8, 4) is 40.1 Å². The van der Waals surface area contributed by atoms with Crippen LogP contribution in [0.3, 0.4) is 0 Å². The lowest BCUT2D eigenvalue weighted by molar-refractivity contribution is 0.0682. The maximum Gasteiger partial charge on any atom is 0.337 e. The highest BCUT2D eigenvalue weighted by molar-refractivity contribution is 6.28. The molecule has 0 aliphatic carbocycles. The van der Waals surface area contributed by atoms with Crippen LogP contribution < -0.4 is 16.4 Å². The first-order valence-electron chi connectivity index (χ1n) is 20.6. The predicted molar refractivity (Wildman–Crippen MR) is 257 cm³/mol. The minimum Gasteiger partial charge on any atom is -0.493 e. The van der Waals surface area contributed by atoms with Crippen LogP contribution in [-0.4, -0.2) is 91.0 Å². The molecule has 0 saturated heterocycles. The molecule has 0 atom stereocenters. The van der Waals surface area contributed by atoms with E-state index in [-0.39, 0.29) is 51.7 Å². The Labute approximate surface area is 412 Å². The number of halogens is 1. The predicted octanol–water partition coefficient (Wildman–Crippen LogP) is 8.35. The van der Waals surface area contributed by atoms with Crippen LogP contribution in [0.2, 0.25) is 5.28 Å². The van der Waals surface area contributed by atoms with Gasteiger partial charge in [-0.1, -0.05) is 60.7 Å². The number of aromatic nitrogens is 5. The summed E-state index contributed by atoms with van der Waals surface area (Å²) in [5, 5.41) is 90.5. The largest absolute Gasteiger partial charge is 0.493 e. The van der Waals surface area contributed by atoms with Crippen molar-refractivity contribution in [2.45, 2.75) is 13.5 Å². The first-order chi connectivity index (χ1) is 34.9. The molecule has 0 unspecified atom stereocenters. The molecular formula is C47H30ClN13O12. The van der Waals surface area contributed by atoms with Crippen molar-refractivity contribution in [1.29, 1.82) is 5.26 Å². The van der Waals surface area contributed by atoms with Crippen molar-refractivity contribution in [1.82, 2.24) is 24.1 Å². The average Bonchev–Trinajstić information content (AvgIpc) is 3.36. The Morgan fingerprint density at radius 1 is 0.712 bits per heavy atom. The van der Waals surface area contributed by atoms with E-state index in [1.807, 2.05) is 6.07 Å². The molecule has 0 bridgehead atoms. The van der Waals surface area contributed by atoms with Gasteiger partial charge in [0, 0.05) is 24.2 Å². The second kappa shape index (κ2) is 21.2. The van der Waals surface area contributed by atoms with Crippen LogP contribution in [0.15, 0.2) is 132 Å². The quantitative estimate of drug-likeness (QED) is 0.0219. The summed E-state index contributed by atoms with van der Waals surface area (Å²) in [6.07, 6.45) is 0. The summed E-state index contributed by atoms with van der Waals surface area (Å²) >= 11 is 6.24. The highest BCUT2D eigenvalue weighted by atomic mass is 35.5. The number of carboxylic acid groups (broad SMARTS) is 4. The third kappa shape index (κ3) is 10.5. The van der Waals surface area contributed by atoms with Crippen LogP contribution >= 0.6 is 11.6 Å². The molecule has 0 aliphatic heterocycles. The summed E-state index contributed by atoms with van der Waals surface area (Å²) in [4.78, 5) is 95.1. The third-order valence-corrected chi connectivity index (χ3v) is 10.5. The van der Waals surface area contributed by atoms with Gasteiger partial charge in [-0.15, -0.1) is 20.5 Å². The van der Waals surface area contributed by atoms with Crippen molar-refractivity contribution in [3.05, 3.63) is 162 Å². The summed E-state index contributed by atoms with van der Waals surface area (Å²) in [6.45, 7) is 8.42. The fraction of sp³-hybridized carbons (Fsp3) is 0.0638. The number of azo groups is 2. The number of aromatic hydroxyl groups is 2. The lowest BCUT2D eigenvalue weighted by Crippen LogP contribution is -2.27. The van der Waals surface area contributed by atoms with Gasteiger partial charge in [0.25, 0.3) is 22.8 Å². The minimum atomic E-state index is -1.49. The molecular weight excluding hydrogens is 974 g/mol. The number of hydrogen-bond acceptors (Lipinski definition) is 18. The second-order valence-corrected chi connectivity index (χ2v) is 15.1. The van der Waals surface area contributed by atoms with Crippen molar-refractivity contribution in [3.63, 3.8) is 0 Å². The van der Waals surface area contributed by atoms with Crippen LogP contribution in [0.5, 0.6) is 11.8 Å². The normalized spacial score (nSPS) is 11.3. The molecule has 0 fully saturated rings. The first kappa shape index (κ1) is 50.1. The summed E-state index contributed by atoms with van der Waals surface area (Å²) in [7, 11) is 0. The van der Waals surface area contributed by atoms with Crippen molar-refractivity contribution < 1.29 is 49.8 Å². The SMILES string of the molecule is [C-]#[N+]c1c(-c2ccccc2)c(N=Nc2cc(C(=O)O)ccc2C(=O)O)c(O)n(C(C)=Nc2nc(Cl)nc(NCCn3c(O)c(N=Nc4cc(C(=O)O)ccc4C(=O)O)c(-c4ccccc4)c(C#N)c3=O)n2)c1=O. The highest BCUT2D eigenvalue weighted by Crippen LogP contribution is 2.44. The average molecular weight is 1000 g/mol. The van der Waals surface area contributed by atoms with Crippen LogP contribution in [0, 0.1) is 17.9 Å². The number of carboxylic acids is 4. The molecule has 25 nitrogen and oxygen atoms in total. The number of nitrogens with one attached hydrogen (secondary N) is 1. The number of aliphatic imine (C=N–C) groups is 1. The van der Waals surface area contributed by atoms with Crippen LogP contribution in [-0.2, 0) is 6.54 Å². The summed E-state index contributed by atoms with van der Waals surface area (Å²) in [6, 6.07) is 23.3. The Morgan fingerprint density at radius 2 is 1.23 bits per heavy atom. The Morgan fingerprint density at radius 3 is 1.73 bits per heavy atom. The Balaban J connectivity index is 1.26. The molecule has 73 heavy (non-hydrogen) atoms. The van der Waals surface area contributed by atoms with E-state index in [0.29, 0.717) is 4.57 Å². The number of carbonyl (C=O) groups is 4. The van der Waals surface area contributed by atoms with E-state index >= 15 is 0 Å². The number of rotatable bonds is 15. The molecule has 0 spiro atoms. The number of hydrogen-bond donors (Lipinski definition) is 7. The number of pyridine rings is 2. The third-order valence-electron chi connectivity index (χ3n) is 10.3. The van der Waals surface area contributed by atoms with E-state index in [4.69, 9.17) is 18.2 Å². The molecule has 4 aromatic carbocycles. The van der Waals surface area contributed by atoms with Crippen molar-refractivity contribution >= 4 is 81.6 Å². The molecule has 7 rings (SSSR count). The van der Waals surface area contributed by atoms with Crippen LogP contribution in [0.4, 0.5) is 40.3 Å². The van der Waals surface area contributed by atoms with Crippen molar-refractivity contribution in [2.75, 3.05) is 11.9 Å². The van der Waals surface area contributed by atoms with Gasteiger partial charge in [0.1, 0.15) is 34.5 Å². The minimum absolute atomic E-state index is 0.177. The molecule has 26 heteroatoms. The van der Waals surface area contributed by atoms with E-state index in [9.17, 15) is 64.7 Å². The number of benzene rings is 4. The molecule has 362 valence electrons. The summed E-state index contributed by atoms with van der Waals surface area (Å²) < 4.78 is 1.31. The van der Waals surface area contributed by atoms with E-state index in [1.54, 1.807) is 36.4 Å². The lowest BCUT2D eigenvalue weighted by Gasteiger charge is -2.16. The van der Waals surface area contributed by atoms with Crippen LogP contribution in [0.25, 0.3) is 27.1 Å². The topological polar surface area (TPSA) is 374 Å². The zero-order valence-electron chi connectivity index (χ0n) is 37.0. The van der Waals surface area contributed by atoms with E-state index in [2.05, 4.69) is 50.6 Å². The van der Waals surface area contributed by atoms with Gasteiger partial charge >= 0.3 is 23.9 Å². The highest BCUT2D eigenvalue weighted by Gasteiger charge is 2.27. The van der Waals surface area contributed by atoms with Gasteiger partial charge in [0.2, 0.25) is 23.0 Å². The summed E-state index contributed by atoms with van der Waals surface area (Å²) in [5.41, 5.74) is -6.65. The lowest BCUT2D eigenvalue weighted by atomic mass is 10.00. The molecule has 0 radical (unpaired) electrons.